The minimum atomic E-state index is 0.254. The van der Waals surface area contributed by atoms with E-state index in [0.717, 1.165) is 48.8 Å². The Morgan fingerprint density at radius 1 is 1.00 bits per heavy atom. The fraction of sp³-hybridized carbons (Fsp3) is 0.250. The number of aromatic nitrogens is 3. The molecule has 0 unspecified atom stereocenters. The van der Waals surface area contributed by atoms with Crippen LogP contribution >= 0.6 is 23.2 Å². The van der Waals surface area contributed by atoms with Crippen LogP contribution < -0.4 is 20.7 Å². The Bertz CT molecular complexity index is 993. The van der Waals surface area contributed by atoms with E-state index >= 15 is 0 Å². The van der Waals surface area contributed by atoms with Crippen molar-refractivity contribution in [1.82, 2.24) is 20.3 Å². The smallest absolute Gasteiger partial charge is 0.225 e. The molecule has 0 atom stereocenters. The highest BCUT2D eigenvalue weighted by Crippen LogP contribution is 2.29. The van der Waals surface area contributed by atoms with E-state index in [4.69, 9.17) is 33.7 Å². The highest BCUT2D eigenvalue weighted by Gasteiger charge is 2.14. The monoisotopic (exact) mass is 430 g/mol. The number of pyridine rings is 1. The van der Waals surface area contributed by atoms with Gasteiger partial charge in [0.1, 0.15) is 6.61 Å². The fourth-order valence-electron chi connectivity index (χ4n) is 3.02. The Labute approximate surface area is 178 Å². The van der Waals surface area contributed by atoms with E-state index < -0.39 is 0 Å². The lowest BCUT2D eigenvalue weighted by Crippen LogP contribution is -2.44. The van der Waals surface area contributed by atoms with Crippen molar-refractivity contribution in [2.24, 2.45) is 0 Å². The molecule has 9 heteroatoms. The van der Waals surface area contributed by atoms with Crippen molar-refractivity contribution in [2.45, 2.75) is 6.61 Å². The number of hydrogen-bond acceptors (Lipinski definition) is 7. The number of nitrogen functional groups attached to an aromatic ring is 1. The fourth-order valence-corrected chi connectivity index (χ4v) is 3.48. The predicted octanol–water partition coefficient (Wildman–Crippen LogP) is 3.42. The number of nitrogens with two attached hydrogens (primary N) is 1. The van der Waals surface area contributed by atoms with Crippen LogP contribution in [0.1, 0.15) is 5.56 Å². The van der Waals surface area contributed by atoms with Gasteiger partial charge in [-0.05, 0) is 18.2 Å². The van der Waals surface area contributed by atoms with Gasteiger partial charge in [0.2, 0.25) is 5.95 Å². The molecule has 0 saturated carbocycles. The van der Waals surface area contributed by atoms with Gasteiger partial charge in [-0.25, -0.2) is 15.0 Å². The number of nitrogens with zero attached hydrogens (tertiary/aromatic N) is 4. The largest absolute Gasteiger partial charge is 0.485 e. The predicted molar refractivity (Wildman–Crippen MR) is 116 cm³/mol. The number of ether oxygens (including phenoxy) is 1. The molecule has 0 aliphatic carbocycles. The van der Waals surface area contributed by atoms with Gasteiger partial charge in [-0.1, -0.05) is 29.3 Å². The van der Waals surface area contributed by atoms with Gasteiger partial charge in [0, 0.05) is 71.5 Å². The second kappa shape index (κ2) is 8.82. The Kier molecular flexibility index (Phi) is 5.99. The zero-order chi connectivity index (χ0) is 20.2. The number of rotatable bonds is 5. The van der Waals surface area contributed by atoms with Crippen LogP contribution in [0.2, 0.25) is 10.0 Å². The standard InChI is InChI=1S/C20H20Cl2N6O/c21-16-2-1-13(17(22)8-16)12-29-18-7-14(9-25-19(18)23)15-10-26-20(27-11-15)28-5-3-24-4-6-28/h1-2,7-11,24H,3-6,12H2,(H2,23,25). The van der Waals surface area contributed by atoms with Crippen LogP contribution in [0.3, 0.4) is 0 Å². The van der Waals surface area contributed by atoms with Gasteiger partial charge in [-0.2, -0.15) is 0 Å². The highest BCUT2D eigenvalue weighted by atomic mass is 35.5. The first-order chi connectivity index (χ1) is 14.1. The van der Waals surface area contributed by atoms with E-state index in [0.29, 0.717) is 21.6 Å². The van der Waals surface area contributed by atoms with Crippen LogP contribution in [0.4, 0.5) is 11.8 Å². The van der Waals surface area contributed by atoms with Crippen LogP contribution in [0.5, 0.6) is 5.75 Å². The van der Waals surface area contributed by atoms with Gasteiger partial charge in [0.05, 0.1) is 0 Å². The molecule has 7 nitrogen and oxygen atoms in total. The lowest BCUT2D eigenvalue weighted by Gasteiger charge is -2.27. The Morgan fingerprint density at radius 2 is 1.72 bits per heavy atom. The second-order valence-corrected chi connectivity index (χ2v) is 7.48. The first-order valence-corrected chi connectivity index (χ1v) is 9.96. The lowest BCUT2D eigenvalue weighted by atomic mass is 10.1. The summed E-state index contributed by atoms with van der Waals surface area (Å²) in [5.41, 5.74) is 8.45. The molecule has 1 aliphatic rings. The number of hydrogen-bond donors (Lipinski definition) is 2. The summed E-state index contributed by atoms with van der Waals surface area (Å²) in [5.74, 6) is 1.50. The summed E-state index contributed by atoms with van der Waals surface area (Å²) in [5, 5.41) is 4.43. The van der Waals surface area contributed by atoms with Crippen LogP contribution in [-0.2, 0) is 6.61 Å². The zero-order valence-corrected chi connectivity index (χ0v) is 17.1. The number of nitrogens with one attached hydrogen (secondary N) is 1. The minimum Gasteiger partial charge on any atom is -0.485 e. The molecule has 29 heavy (non-hydrogen) atoms. The molecule has 0 amide bonds. The molecular weight excluding hydrogens is 411 g/mol. The summed E-state index contributed by atoms with van der Waals surface area (Å²) < 4.78 is 5.85. The molecule has 1 aliphatic heterocycles. The number of halogens is 2. The zero-order valence-electron chi connectivity index (χ0n) is 15.6. The lowest BCUT2D eigenvalue weighted by molar-refractivity contribution is 0.307. The summed E-state index contributed by atoms with van der Waals surface area (Å²) in [6.45, 7) is 3.92. The van der Waals surface area contributed by atoms with Crippen molar-refractivity contribution in [3.05, 3.63) is 58.5 Å². The Morgan fingerprint density at radius 3 is 2.45 bits per heavy atom. The van der Waals surface area contributed by atoms with E-state index in [1.165, 1.54) is 0 Å². The third kappa shape index (κ3) is 4.70. The molecule has 3 N–H and O–H groups in total. The molecule has 1 aromatic carbocycles. The van der Waals surface area contributed by atoms with Crippen LogP contribution in [0.15, 0.2) is 42.9 Å². The molecule has 2 aromatic heterocycles. The van der Waals surface area contributed by atoms with Crippen LogP contribution in [0.25, 0.3) is 11.1 Å². The van der Waals surface area contributed by atoms with Gasteiger partial charge in [-0.3, -0.25) is 0 Å². The van der Waals surface area contributed by atoms with Crippen LogP contribution in [-0.4, -0.2) is 41.1 Å². The average Bonchev–Trinajstić information content (AvgIpc) is 2.75. The van der Waals surface area contributed by atoms with Crippen molar-refractivity contribution >= 4 is 35.0 Å². The van der Waals surface area contributed by atoms with E-state index in [9.17, 15) is 0 Å². The summed E-state index contributed by atoms with van der Waals surface area (Å²) in [4.78, 5) is 15.4. The van der Waals surface area contributed by atoms with E-state index in [2.05, 4.69) is 25.2 Å². The molecule has 150 valence electrons. The Hall–Kier alpha value is -2.61. The number of benzene rings is 1. The quantitative estimate of drug-likeness (QED) is 0.640. The highest BCUT2D eigenvalue weighted by molar-refractivity contribution is 6.35. The van der Waals surface area contributed by atoms with E-state index in [-0.39, 0.29) is 6.61 Å². The molecule has 1 saturated heterocycles. The summed E-state index contributed by atoms with van der Waals surface area (Å²) >= 11 is 12.1. The summed E-state index contributed by atoms with van der Waals surface area (Å²) in [7, 11) is 0. The number of piperazine rings is 1. The van der Waals surface area contributed by atoms with Gasteiger partial charge < -0.3 is 20.7 Å². The van der Waals surface area contributed by atoms with Crippen molar-refractivity contribution in [3.8, 4) is 16.9 Å². The van der Waals surface area contributed by atoms with Gasteiger partial charge in [-0.15, -0.1) is 0 Å². The topological polar surface area (TPSA) is 89.2 Å². The van der Waals surface area contributed by atoms with E-state index in [1.54, 1.807) is 30.7 Å². The third-order valence-corrected chi connectivity index (χ3v) is 5.24. The number of anilines is 2. The molecule has 0 bridgehead atoms. The molecule has 3 heterocycles. The SMILES string of the molecule is Nc1ncc(-c2cnc(N3CCNCC3)nc2)cc1OCc1ccc(Cl)cc1Cl. The maximum atomic E-state index is 6.21. The first kappa shape index (κ1) is 19.7. The normalized spacial score (nSPS) is 14.1. The first-order valence-electron chi connectivity index (χ1n) is 9.20. The molecular formula is C20H20Cl2N6O. The van der Waals surface area contributed by atoms with Gasteiger partial charge in [0.25, 0.3) is 0 Å². The summed E-state index contributed by atoms with van der Waals surface area (Å²) in [6, 6.07) is 7.09. The summed E-state index contributed by atoms with van der Waals surface area (Å²) in [6.07, 6.45) is 5.26. The second-order valence-electron chi connectivity index (χ2n) is 6.64. The Balaban J connectivity index is 1.50. The van der Waals surface area contributed by atoms with Gasteiger partial charge in [0.15, 0.2) is 11.6 Å². The van der Waals surface area contributed by atoms with Crippen molar-refractivity contribution in [3.63, 3.8) is 0 Å². The third-order valence-electron chi connectivity index (χ3n) is 4.65. The minimum absolute atomic E-state index is 0.254. The molecule has 0 spiro atoms. The van der Waals surface area contributed by atoms with Crippen molar-refractivity contribution in [1.29, 1.82) is 0 Å². The van der Waals surface area contributed by atoms with Crippen molar-refractivity contribution < 1.29 is 4.74 Å². The maximum absolute atomic E-state index is 6.21. The molecule has 3 aromatic rings. The molecule has 1 fully saturated rings. The maximum Gasteiger partial charge on any atom is 0.225 e. The van der Waals surface area contributed by atoms with Crippen molar-refractivity contribution in [2.75, 3.05) is 36.8 Å². The molecule has 4 rings (SSSR count). The van der Waals surface area contributed by atoms with Crippen LogP contribution in [0, 0.1) is 0 Å². The average molecular weight is 431 g/mol. The van der Waals surface area contributed by atoms with E-state index in [1.807, 2.05) is 12.1 Å². The molecule has 0 radical (unpaired) electrons. The van der Waals surface area contributed by atoms with Gasteiger partial charge >= 0.3 is 0 Å².